The molecule has 1 aromatic carbocycles. The van der Waals surface area contributed by atoms with Gasteiger partial charge in [0, 0.05) is 22.3 Å². The number of pyridine rings is 1. The minimum absolute atomic E-state index is 0.128. The number of rotatable bonds is 2. The van der Waals surface area contributed by atoms with Crippen molar-refractivity contribution in [3.63, 3.8) is 0 Å². The van der Waals surface area contributed by atoms with Gasteiger partial charge in [-0.25, -0.2) is 4.79 Å². The number of aromatic amines is 1. The molecule has 1 N–H and O–H groups in total. The largest absolute Gasteiger partial charge is 0.465 e. The molecule has 0 aliphatic carbocycles. The molecule has 0 spiro atoms. The predicted molar refractivity (Wildman–Crippen MR) is 78.9 cm³/mol. The van der Waals surface area contributed by atoms with Gasteiger partial charge in [-0.15, -0.1) is 0 Å². The second-order valence-electron chi connectivity index (χ2n) is 3.87. The summed E-state index contributed by atoms with van der Waals surface area (Å²) in [5, 5.41) is 0.944. The Kier molecular flexibility index (Phi) is 4.38. The van der Waals surface area contributed by atoms with E-state index in [9.17, 15) is 9.59 Å². The Labute approximate surface area is 129 Å². The van der Waals surface area contributed by atoms with Gasteiger partial charge in [0.05, 0.1) is 17.2 Å². The number of methoxy groups -OCH3 is 1. The highest BCUT2D eigenvalue weighted by atomic mass is 35.5. The highest BCUT2D eigenvalue weighted by Crippen LogP contribution is 2.36. The number of esters is 1. The normalized spacial score (nSPS) is 10.4. The monoisotopic (exact) mass is 331 g/mol. The van der Waals surface area contributed by atoms with Crippen LogP contribution in [-0.4, -0.2) is 18.1 Å². The molecule has 2 aromatic rings. The molecule has 0 radical (unpaired) electrons. The van der Waals surface area contributed by atoms with Gasteiger partial charge >= 0.3 is 5.97 Å². The topological polar surface area (TPSA) is 59.2 Å². The van der Waals surface area contributed by atoms with Crippen LogP contribution in [0.3, 0.4) is 0 Å². The molecule has 0 atom stereocenters. The van der Waals surface area contributed by atoms with Crippen molar-refractivity contribution >= 4 is 40.8 Å². The molecule has 1 aromatic heterocycles. The molecule has 104 valence electrons. The van der Waals surface area contributed by atoms with Crippen LogP contribution in [0.25, 0.3) is 11.1 Å². The van der Waals surface area contributed by atoms with E-state index in [0.717, 1.165) is 0 Å². The standard InChI is InChI=1S/C13H8Cl3NO3/c1-20-13(19)9-2-6(5-17-12(9)18)8-3-7(14)4-10(15)11(8)16/h2-5H,1H3,(H,17,18). The van der Waals surface area contributed by atoms with Crippen molar-refractivity contribution in [3.8, 4) is 11.1 Å². The lowest BCUT2D eigenvalue weighted by atomic mass is 10.1. The third kappa shape index (κ3) is 2.82. The number of aromatic nitrogens is 1. The van der Waals surface area contributed by atoms with E-state index in [2.05, 4.69) is 9.72 Å². The van der Waals surface area contributed by atoms with Crippen LogP contribution in [0.1, 0.15) is 10.4 Å². The lowest BCUT2D eigenvalue weighted by Gasteiger charge is -2.08. The van der Waals surface area contributed by atoms with Crippen molar-refractivity contribution in [2.45, 2.75) is 0 Å². The van der Waals surface area contributed by atoms with Crippen LogP contribution < -0.4 is 5.56 Å². The van der Waals surface area contributed by atoms with Gasteiger partial charge in [0.2, 0.25) is 0 Å². The van der Waals surface area contributed by atoms with Crippen molar-refractivity contribution < 1.29 is 9.53 Å². The Morgan fingerprint density at radius 3 is 2.55 bits per heavy atom. The minimum Gasteiger partial charge on any atom is -0.465 e. The highest BCUT2D eigenvalue weighted by molar-refractivity contribution is 6.45. The van der Waals surface area contributed by atoms with Crippen molar-refractivity contribution in [2.75, 3.05) is 7.11 Å². The van der Waals surface area contributed by atoms with Crippen LogP contribution in [0.15, 0.2) is 29.2 Å². The minimum atomic E-state index is -0.739. The zero-order chi connectivity index (χ0) is 14.9. The van der Waals surface area contributed by atoms with Gasteiger partial charge in [0.25, 0.3) is 5.56 Å². The third-order valence-corrected chi connectivity index (χ3v) is 3.63. The summed E-state index contributed by atoms with van der Waals surface area (Å²) in [7, 11) is 1.19. The van der Waals surface area contributed by atoms with Crippen LogP contribution in [0, 0.1) is 0 Å². The number of carbonyl (C=O) groups excluding carboxylic acids is 1. The molecule has 7 heteroatoms. The van der Waals surface area contributed by atoms with Gasteiger partial charge in [-0.2, -0.15) is 0 Å². The average Bonchev–Trinajstić information content (AvgIpc) is 2.42. The molecule has 0 saturated heterocycles. The molecular weight excluding hydrogens is 325 g/mol. The predicted octanol–water partition coefficient (Wildman–Crippen LogP) is 3.79. The molecule has 0 unspecified atom stereocenters. The van der Waals surface area contributed by atoms with Crippen LogP contribution in [0.4, 0.5) is 0 Å². The van der Waals surface area contributed by atoms with Gasteiger partial charge in [0.1, 0.15) is 5.56 Å². The second-order valence-corrected chi connectivity index (χ2v) is 5.09. The van der Waals surface area contributed by atoms with Crippen molar-refractivity contribution in [1.29, 1.82) is 0 Å². The van der Waals surface area contributed by atoms with Gasteiger partial charge in [0.15, 0.2) is 0 Å². The Hall–Kier alpha value is -1.49. The van der Waals surface area contributed by atoms with E-state index in [1.807, 2.05) is 0 Å². The number of benzene rings is 1. The van der Waals surface area contributed by atoms with E-state index in [1.54, 1.807) is 6.07 Å². The number of carbonyl (C=O) groups is 1. The number of halogens is 3. The molecule has 0 amide bonds. The zero-order valence-corrected chi connectivity index (χ0v) is 12.4. The Morgan fingerprint density at radius 1 is 1.20 bits per heavy atom. The maximum Gasteiger partial charge on any atom is 0.343 e. The summed E-state index contributed by atoms with van der Waals surface area (Å²) in [5.74, 6) is -0.739. The summed E-state index contributed by atoms with van der Waals surface area (Å²) >= 11 is 18.0. The van der Waals surface area contributed by atoms with E-state index >= 15 is 0 Å². The van der Waals surface area contributed by atoms with E-state index < -0.39 is 11.5 Å². The molecule has 2 rings (SSSR count). The highest BCUT2D eigenvalue weighted by Gasteiger charge is 2.15. The lowest BCUT2D eigenvalue weighted by Crippen LogP contribution is -2.18. The summed E-state index contributed by atoms with van der Waals surface area (Å²) in [6.45, 7) is 0. The quantitative estimate of drug-likeness (QED) is 0.672. The molecule has 0 aliphatic rings. The van der Waals surface area contributed by atoms with E-state index in [1.165, 1.54) is 25.4 Å². The molecule has 1 heterocycles. The Bertz CT molecular complexity index is 740. The lowest BCUT2D eigenvalue weighted by molar-refractivity contribution is 0.0598. The molecule has 20 heavy (non-hydrogen) atoms. The molecular formula is C13H8Cl3NO3. The fraction of sp³-hybridized carbons (Fsp3) is 0.0769. The first-order valence-corrected chi connectivity index (χ1v) is 6.53. The second kappa shape index (κ2) is 5.87. The summed E-state index contributed by atoms with van der Waals surface area (Å²) in [5.41, 5.74) is 0.326. The van der Waals surface area contributed by atoms with Gasteiger partial charge in [-0.1, -0.05) is 34.8 Å². The van der Waals surface area contributed by atoms with Crippen LogP contribution >= 0.6 is 34.8 Å². The van der Waals surface area contributed by atoms with Crippen LogP contribution in [0.5, 0.6) is 0 Å². The number of hydrogen-bond acceptors (Lipinski definition) is 3. The van der Waals surface area contributed by atoms with E-state index in [0.29, 0.717) is 16.1 Å². The average molecular weight is 333 g/mol. The summed E-state index contributed by atoms with van der Waals surface area (Å²) in [4.78, 5) is 25.5. The van der Waals surface area contributed by atoms with E-state index in [4.69, 9.17) is 34.8 Å². The summed E-state index contributed by atoms with van der Waals surface area (Å²) in [6, 6.07) is 4.46. The first-order chi connectivity index (χ1) is 9.43. The number of hydrogen-bond donors (Lipinski definition) is 1. The van der Waals surface area contributed by atoms with Gasteiger partial charge in [-0.05, 0) is 18.2 Å². The molecule has 0 fully saturated rings. The number of H-pyrrole nitrogens is 1. The fourth-order valence-electron chi connectivity index (χ4n) is 1.67. The Morgan fingerprint density at radius 2 is 1.90 bits per heavy atom. The van der Waals surface area contributed by atoms with Crippen LogP contribution in [-0.2, 0) is 4.74 Å². The zero-order valence-electron chi connectivity index (χ0n) is 10.2. The maximum atomic E-state index is 11.6. The maximum absolute atomic E-state index is 11.6. The van der Waals surface area contributed by atoms with Crippen molar-refractivity contribution in [2.24, 2.45) is 0 Å². The smallest absolute Gasteiger partial charge is 0.343 e. The third-order valence-electron chi connectivity index (χ3n) is 2.61. The number of ether oxygens (including phenoxy) is 1. The number of nitrogens with one attached hydrogen (secondary N) is 1. The molecule has 0 bridgehead atoms. The van der Waals surface area contributed by atoms with E-state index in [-0.39, 0.29) is 15.6 Å². The molecule has 0 saturated carbocycles. The SMILES string of the molecule is COC(=O)c1cc(-c2cc(Cl)cc(Cl)c2Cl)c[nH]c1=O. The molecule has 0 aliphatic heterocycles. The summed E-state index contributed by atoms with van der Waals surface area (Å²) < 4.78 is 4.54. The first kappa shape index (κ1) is 14.9. The molecule has 4 nitrogen and oxygen atoms in total. The van der Waals surface area contributed by atoms with Crippen molar-refractivity contribution in [3.05, 3.63) is 55.4 Å². The first-order valence-electron chi connectivity index (χ1n) is 5.40. The Balaban J connectivity index is 2.65. The fourth-order valence-corrected chi connectivity index (χ4v) is 2.38. The van der Waals surface area contributed by atoms with Crippen molar-refractivity contribution in [1.82, 2.24) is 4.98 Å². The van der Waals surface area contributed by atoms with Gasteiger partial charge < -0.3 is 9.72 Å². The summed E-state index contributed by atoms with van der Waals surface area (Å²) in [6.07, 6.45) is 1.42. The van der Waals surface area contributed by atoms with Gasteiger partial charge in [-0.3, -0.25) is 4.79 Å². The van der Waals surface area contributed by atoms with Crippen LogP contribution in [0.2, 0.25) is 15.1 Å².